The molecule has 1 atom stereocenters. The van der Waals surface area contributed by atoms with Crippen molar-refractivity contribution in [2.75, 3.05) is 6.61 Å². The van der Waals surface area contributed by atoms with Crippen LogP contribution in [-0.4, -0.2) is 18.5 Å². The van der Waals surface area contributed by atoms with Crippen LogP contribution >= 0.6 is 0 Å². The minimum absolute atomic E-state index is 0. The van der Waals surface area contributed by atoms with Crippen molar-refractivity contribution in [2.24, 2.45) is 5.92 Å². The topological polar surface area (TPSA) is 66.4 Å². The molecule has 0 aliphatic rings. The predicted molar refractivity (Wildman–Crippen MR) is 58.4 cm³/mol. The average Bonchev–Trinajstić information content (AvgIpc) is 2.26. The normalized spacial score (nSPS) is 11.9. The fraction of sp³-hybridized carbons (Fsp3) is 0.667. The van der Waals surface area contributed by atoms with Crippen molar-refractivity contribution in [1.82, 2.24) is 0 Å². The van der Waals surface area contributed by atoms with Crippen LogP contribution in [0.1, 0.15) is 39.5 Å². The van der Waals surface area contributed by atoms with E-state index in [1.54, 1.807) is 0 Å². The van der Waals surface area contributed by atoms with Crippen molar-refractivity contribution in [1.29, 1.82) is 0 Å². The summed E-state index contributed by atoms with van der Waals surface area (Å²) in [7, 11) is 0. The number of unbranched alkanes of at least 4 members (excludes halogenated alkanes) is 1. The SMILES string of the molecule is CCCCC(CC)COC(=O)C=CC(=O)[O-].[Zn]. The Morgan fingerprint density at radius 2 is 1.94 bits per heavy atom. The van der Waals surface area contributed by atoms with Gasteiger partial charge in [0.2, 0.25) is 0 Å². The number of hydrogen-bond donors (Lipinski definition) is 0. The molecule has 0 aromatic carbocycles. The first-order chi connectivity index (χ1) is 7.60. The summed E-state index contributed by atoms with van der Waals surface area (Å²) < 4.78 is 4.93. The number of carbonyl (C=O) groups excluding carboxylic acids is 2. The summed E-state index contributed by atoms with van der Waals surface area (Å²) >= 11 is 0. The molecule has 0 radical (unpaired) electrons. The van der Waals surface area contributed by atoms with Gasteiger partial charge in [-0.2, -0.15) is 0 Å². The minimum Gasteiger partial charge on any atom is -0.545 e. The second-order valence-corrected chi connectivity index (χ2v) is 3.70. The maximum Gasteiger partial charge on any atom is 0.330 e. The average molecular weight is 293 g/mol. The van der Waals surface area contributed by atoms with Crippen molar-refractivity contribution in [3.8, 4) is 0 Å². The summed E-state index contributed by atoms with van der Waals surface area (Å²) in [5.41, 5.74) is 0. The first-order valence-corrected chi connectivity index (χ1v) is 5.65. The standard InChI is InChI=1S/C12H20O4.Zn/c1-3-5-6-10(4-2)9-16-12(15)8-7-11(13)14;/h7-8,10H,3-6,9H2,1-2H3,(H,13,14);/p-1. The molecule has 1 unspecified atom stereocenters. The summed E-state index contributed by atoms with van der Waals surface area (Å²) in [5, 5.41) is 10.0. The van der Waals surface area contributed by atoms with Gasteiger partial charge < -0.3 is 14.6 Å². The van der Waals surface area contributed by atoms with Crippen LogP contribution in [0.25, 0.3) is 0 Å². The molecule has 0 aliphatic heterocycles. The van der Waals surface area contributed by atoms with Gasteiger partial charge in [0.15, 0.2) is 0 Å². The molecule has 17 heavy (non-hydrogen) atoms. The van der Waals surface area contributed by atoms with E-state index >= 15 is 0 Å². The van der Waals surface area contributed by atoms with Gasteiger partial charge in [-0.15, -0.1) is 0 Å². The summed E-state index contributed by atoms with van der Waals surface area (Å²) in [6.07, 6.45) is 5.78. The fourth-order valence-corrected chi connectivity index (χ4v) is 1.28. The van der Waals surface area contributed by atoms with Gasteiger partial charge in [-0.3, -0.25) is 0 Å². The van der Waals surface area contributed by atoms with E-state index in [0.717, 1.165) is 31.8 Å². The zero-order valence-electron chi connectivity index (χ0n) is 10.6. The molecule has 0 spiro atoms. The molecule has 0 saturated heterocycles. The Hall–Kier alpha value is -0.697. The third-order valence-electron chi connectivity index (χ3n) is 2.36. The van der Waals surface area contributed by atoms with E-state index in [-0.39, 0.29) is 19.5 Å². The molecule has 94 valence electrons. The monoisotopic (exact) mass is 291 g/mol. The molecule has 0 fully saturated rings. The number of hydrogen-bond acceptors (Lipinski definition) is 4. The maximum atomic E-state index is 11.0. The molecule has 0 aromatic heterocycles. The largest absolute Gasteiger partial charge is 0.545 e. The molecule has 0 saturated carbocycles. The molecule has 0 amide bonds. The Kier molecular flexibility index (Phi) is 12.9. The summed E-state index contributed by atoms with van der Waals surface area (Å²) in [4.78, 5) is 21.1. The van der Waals surface area contributed by atoms with E-state index in [4.69, 9.17) is 4.74 Å². The Morgan fingerprint density at radius 1 is 1.29 bits per heavy atom. The van der Waals surface area contributed by atoms with E-state index in [1.807, 2.05) is 6.92 Å². The van der Waals surface area contributed by atoms with Gasteiger partial charge in [0, 0.05) is 25.6 Å². The molecular formula is C12H19O4Zn-. The number of carboxylic acid groups (broad SMARTS) is 1. The molecule has 5 heteroatoms. The number of esters is 1. The second kappa shape index (κ2) is 11.8. The predicted octanol–water partition coefficient (Wildman–Crippen LogP) is 1.05. The van der Waals surface area contributed by atoms with Crippen LogP contribution in [0.2, 0.25) is 0 Å². The van der Waals surface area contributed by atoms with Crippen LogP contribution in [0.4, 0.5) is 0 Å². The number of carboxylic acids is 1. The van der Waals surface area contributed by atoms with Crippen LogP contribution in [0.3, 0.4) is 0 Å². The van der Waals surface area contributed by atoms with Crippen LogP contribution in [0.15, 0.2) is 12.2 Å². The van der Waals surface area contributed by atoms with Crippen LogP contribution in [0, 0.1) is 5.92 Å². The summed E-state index contributed by atoms with van der Waals surface area (Å²) in [6.45, 7) is 4.51. The van der Waals surface area contributed by atoms with E-state index in [9.17, 15) is 14.7 Å². The van der Waals surface area contributed by atoms with Gasteiger partial charge in [-0.25, -0.2) is 4.79 Å². The third-order valence-corrected chi connectivity index (χ3v) is 2.36. The molecule has 0 aromatic rings. The first kappa shape index (κ1) is 18.7. The Bertz CT molecular complexity index is 251. The number of ether oxygens (including phenoxy) is 1. The zero-order chi connectivity index (χ0) is 12.4. The maximum absolute atomic E-state index is 11.0. The van der Waals surface area contributed by atoms with Gasteiger partial charge in [0.05, 0.1) is 12.6 Å². The molecule has 4 nitrogen and oxygen atoms in total. The van der Waals surface area contributed by atoms with Crippen molar-refractivity contribution in [3.05, 3.63) is 12.2 Å². The van der Waals surface area contributed by atoms with Gasteiger partial charge in [0.1, 0.15) is 0 Å². The quantitative estimate of drug-likeness (QED) is 0.381. The molecule has 0 aliphatic carbocycles. The number of aliphatic carboxylic acids is 1. The third kappa shape index (κ3) is 11.6. The second-order valence-electron chi connectivity index (χ2n) is 3.70. The van der Waals surface area contributed by atoms with Crippen LogP contribution in [-0.2, 0) is 33.8 Å². The molecule has 0 rings (SSSR count). The minimum atomic E-state index is -1.39. The number of carbonyl (C=O) groups is 2. The molecule has 0 N–H and O–H groups in total. The molecular weight excluding hydrogens is 274 g/mol. The fourth-order valence-electron chi connectivity index (χ4n) is 1.28. The Morgan fingerprint density at radius 3 is 2.41 bits per heavy atom. The van der Waals surface area contributed by atoms with Crippen molar-refractivity contribution >= 4 is 11.9 Å². The number of rotatable bonds is 8. The van der Waals surface area contributed by atoms with Crippen molar-refractivity contribution in [2.45, 2.75) is 39.5 Å². The summed E-state index contributed by atoms with van der Waals surface area (Å²) in [5.74, 6) is -1.66. The van der Waals surface area contributed by atoms with Crippen molar-refractivity contribution < 1.29 is 38.9 Å². The van der Waals surface area contributed by atoms with Gasteiger partial charge in [-0.1, -0.05) is 33.1 Å². The van der Waals surface area contributed by atoms with Gasteiger partial charge >= 0.3 is 5.97 Å². The van der Waals surface area contributed by atoms with Gasteiger partial charge in [-0.05, 0) is 18.4 Å². The zero-order valence-corrected chi connectivity index (χ0v) is 13.6. The Labute approximate surface area is 115 Å². The molecule has 0 bridgehead atoms. The van der Waals surface area contributed by atoms with Crippen LogP contribution in [0.5, 0.6) is 0 Å². The van der Waals surface area contributed by atoms with Crippen molar-refractivity contribution in [3.63, 3.8) is 0 Å². The van der Waals surface area contributed by atoms with Crippen LogP contribution < -0.4 is 5.11 Å². The smallest absolute Gasteiger partial charge is 0.330 e. The van der Waals surface area contributed by atoms with Gasteiger partial charge in [0.25, 0.3) is 0 Å². The van der Waals surface area contributed by atoms with E-state index in [2.05, 4.69) is 6.92 Å². The van der Waals surface area contributed by atoms with E-state index in [1.165, 1.54) is 0 Å². The van der Waals surface area contributed by atoms with E-state index in [0.29, 0.717) is 18.6 Å². The Balaban J connectivity index is 0. The molecule has 0 heterocycles. The first-order valence-electron chi connectivity index (χ1n) is 5.65. The van der Waals surface area contributed by atoms with E-state index < -0.39 is 11.9 Å². The summed E-state index contributed by atoms with van der Waals surface area (Å²) in [6, 6.07) is 0.